The third kappa shape index (κ3) is 1.91. The zero-order valence-electron chi connectivity index (χ0n) is 8.00. The van der Waals surface area contributed by atoms with Crippen molar-refractivity contribution in [1.82, 2.24) is 9.78 Å². The Bertz CT molecular complexity index is 370. The van der Waals surface area contributed by atoms with Crippen molar-refractivity contribution in [2.75, 3.05) is 13.2 Å². The van der Waals surface area contributed by atoms with Gasteiger partial charge in [-0.25, -0.2) is 0 Å². The third-order valence-corrected chi connectivity index (χ3v) is 2.40. The molecule has 1 unspecified atom stereocenters. The van der Waals surface area contributed by atoms with Crippen LogP contribution in [0.25, 0.3) is 0 Å². The molecule has 1 aromatic rings. The second kappa shape index (κ2) is 3.85. The predicted octanol–water partition coefficient (Wildman–Crippen LogP) is 0.848. The Labute approximate surface area is 85.4 Å². The van der Waals surface area contributed by atoms with Gasteiger partial charge in [-0.1, -0.05) is 0 Å². The summed E-state index contributed by atoms with van der Waals surface area (Å²) >= 11 is 0. The van der Waals surface area contributed by atoms with Crippen LogP contribution >= 0.6 is 0 Å². The molecule has 82 valence electrons. The Morgan fingerprint density at radius 1 is 1.73 bits per heavy atom. The minimum Gasteiger partial charge on any atom is -0.487 e. The molecule has 2 rings (SSSR count). The highest BCUT2D eigenvalue weighted by atomic mass is 16.6. The number of hydrogen-bond acceptors (Lipinski definition) is 5. The van der Waals surface area contributed by atoms with E-state index in [1.165, 1.54) is 10.9 Å². The highest BCUT2D eigenvalue weighted by Gasteiger charge is 2.23. The van der Waals surface area contributed by atoms with E-state index >= 15 is 0 Å². The van der Waals surface area contributed by atoms with Crippen molar-refractivity contribution in [2.45, 2.75) is 18.9 Å². The molecule has 1 N–H and O–H groups in total. The summed E-state index contributed by atoms with van der Waals surface area (Å²) in [6.45, 7) is 1.20. The van der Waals surface area contributed by atoms with Crippen LogP contribution in [0.3, 0.4) is 0 Å². The van der Waals surface area contributed by atoms with Crippen LogP contribution in [-0.2, 0) is 4.74 Å². The summed E-state index contributed by atoms with van der Waals surface area (Å²) in [5.41, 5.74) is -0.361. The number of ether oxygens (including phenoxy) is 1. The van der Waals surface area contributed by atoms with Gasteiger partial charge in [0.2, 0.25) is 0 Å². The second-order valence-corrected chi connectivity index (χ2v) is 3.45. The maximum atomic E-state index is 10.5. The van der Waals surface area contributed by atoms with Crippen LogP contribution in [0.4, 0.5) is 5.69 Å². The molecular weight excluding hydrogens is 202 g/mol. The minimum absolute atomic E-state index is 0.0154. The van der Waals surface area contributed by atoms with E-state index < -0.39 is 10.8 Å². The zero-order chi connectivity index (χ0) is 10.8. The van der Waals surface area contributed by atoms with Gasteiger partial charge in [0.15, 0.2) is 0 Å². The van der Waals surface area contributed by atoms with Crippen molar-refractivity contribution in [1.29, 1.82) is 0 Å². The normalized spacial score (nSPS) is 21.5. The van der Waals surface area contributed by atoms with Crippen molar-refractivity contribution in [2.24, 2.45) is 0 Å². The highest BCUT2D eigenvalue weighted by Crippen LogP contribution is 2.27. The Hall–Kier alpha value is -1.63. The molecule has 0 bridgehead atoms. The molecule has 0 aromatic carbocycles. The monoisotopic (exact) mass is 213 g/mol. The molecule has 1 aliphatic rings. The molecule has 1 saturated heterocycles. The zero-order valence-corrected chi connectivity index (χ0v) is 8.00. The SMILES string of the molecule is O=[N+]([O-])c1cn(C2CCCOC2)nc1O. The fourth-order valence-electron chi connectivity index (χ4n) is 1.62. The molecule has 1 aromatic heterocycles. The second-order valence-electron chi connectivity index (χ2n) is 3.45. The summed E-state index contributed by atoms with van der Waals surface area (Å²) in [5, 5.41) is 23.4. The predicted molar refractivity (Wildman–Crippen MR) is 49.6 cm³/mol. The van der Waals surface area contributed by atoms with Gasteiger partial charge in [0, 0.05) is 6.61 Å². The molecule has 0 amide bonds. The molecule has 7 heteroatoms. The first-order valence-corrected chi connectivity index (χ1v) is 4.68. The Morgan fingerprint density at radius 3 is 3.07 bits per heavy atom. The van der Waals surface area contributed by atoms with Crippen LogP contribution in [0.2, 0.25) is 0 Å². The van der Waals surface area contributed by atoms with Crippen LogP contribution in [0.1, 0.15) is 18.9 Å². The summed E-state index contributed by atoms with van der Waals surface area (Å²) < 4.78 is 6.64. The van der Waals surface area contributed by atoms with Gasteiger partial charge in [0.05, 0.1) is 17.6 Å². The maximum Gasteiger partial charge on any atom is 0.349 e. The average molecular weight is 213 g/mol. The summed E-state index contributed by atoms with van der Waals surface area (Å²) in [7, 11) is 0. The van der Waals surface area contributed by atoms with Gasteiger partial charge in [-0.05, 0) is 12.8 Å². The molecule has 0 radical (unpaired) electrons. The van der Waals surface area contributed by atoms with Crippen LogP contribution in [0.5, 0.6) is 5.88 Å². The van der Waals surface area contributed by atoms with Gasteiger partial charge < -0.3 is 9.84 Å². The van der Waals surface area contributed by atoms with E-state index in [0.29, 0.717) is 13.2 Å². The molecule has 7 nitrogen and oxygen atoms in total. The molecule has 0 saturated carbocycles. The molecule has 1 fully saturated rings. The van der Waals surface area contributed by atoms with Crippen LogP contribution in [0, 0.1) is 10.1 Å². The lowest BCUT2D eigenvalue weighted by atomic mass is 10.1. The van der Waals surface area contributed by atoms with E-state index in [-0.39, 0.29) is 11.7 Å². The van der Waals surface area contributed by atoms with E-state index in [4.69, 9.17) is 4.74 Å². The van der Waals surface area contributed by atoms with Crippen molar-refractivity contribution in [3.8, 4) is 5.88 Å². The lowest BCUT2D eigenvalue weighted by Gasteiger charge is -2.21. The number of rotatable bonds is 2. The number of hydrogen-bond donors (Lipinski definition) is 1. The van der Waals surface area contributed by atoms with Crippen molar-refractivity contribution in [3.63, 3.8) is 0 Å². The number of nitrogens with zero attached hydrogens (tertiary/aromatic N) is 3. The van der Waals surface area contributed by atoms with E-state index in [2.05, 4.69) is 5.10 Å². The smallest absolute Gasteiger partial charge is 0.349 e. The molecular formula is C8H11N3O4. The summed E-state index contributed by atoms with van der Waals surface area (Å²) in [5.74, 6) is -0.537. The van der Waals surface area contributed by atoms with Gasteiger partial charge in [-0.3, -0.25) is 14.8 Å². The van der Waals surface area contributed by atoms with Gasteiger partial charge in [0.1, 0.15) is 6.20 Å². The quantitative estimate of drug-likeness (QED) is 0.580. The fourth-order valence-corrected chi connectivity index (χ4v) is 1.62. The van der Waals surface area contributed by atoms with Crippen molar-refractivity contribution < 1.29 is 14.8 Å². The van der Waals surface area contributed by atoms with Crippen molar-refractivity contribution in [3.05, 3.63) is 16.3 Å². The van der Waals surface area contributed by atoms with E-state index in [1.54, 1.807) is 0 Å². The largest absolute Gasteiger partial charge is 0.487 e. The maximum absolute atomic E-state index is 10.5. The molecule has 15 heavy (non-hydrogen) atoms. The standard InChI is InChI=1S/C8H11N3O4/c12-8-7(11(13)14)4-10(9-8)6-2-1-3-15-5-6/h4,6H,1-3,5H2,(H,9,12). The highest BCUT2D eigenvalue weighted by molar-refractivity contribution is 5.37. The average Bonchev–Trinajstić information content (AvgIpc) is 2.62. The van der Waals surface area contributed by atoms with Gasteiger partial charge >= 0.3 is 11.6 Å². The lowest BCUT2D eigenvalue weighted by Crippen LogP contribution is -2.21. The first-order valence-electron chi connectivity index (χ1n) is 4.68. The lowest BCUT2D eigenvalue weighted by molar-refractivity contribution is -0.386. The summed E-state index contributed by atoms with van der Waals surface area (Å²) in [4.78, 5) is 9.83. The van der Waals surface area contributed by atoms with Gasteiger partial charge in [-0.2, -0.15) is 0 Å². The Morgan fingerprint density at radius 2 is 2.53 bits per heavy atom. The van der Waals surface area contributed by atoms with Crippen molar-refractivity contribution >= 4 is 5.69 Å². The minimum atomic E-state index is -0.650. The van der Waals surface area contributed by atoms with Gasteiger partial charge in [-0.15, -0.1) is 5.10 Å². The van der Waals surface area contributed by atoms with Crippen LogP contribution in [0.15, 0.2) is 6.20 Å². The van der Waals surface area contributed by atoms with E-state index in [1.807, 2.05) is 0 Å². The number of aromatic hydroxyl groups is 1. The number of aromatic nitrogens is 2. The first kappa shape index (κ1) is 9.91. The third-order valence-electron chi connectivity index (χ3n) is 2.40. The first-order chi connectivity index (χ1) is 7.18. The summed E-state index contributed by atoms with van der Waals surface area (Å²) in [6, 6.07) is -0.0154. The van der Waals surface area contributed by atoms with Gasteiger partial charge in [0.25, 0.3) is 0 Å². The molecule has 1 aliphatic heterocycles. The molecule has 2 heterocycles. The van der Waals surface area contributed by atoms with Crippen LogP contribution in [-0.4, -0.2) is 33.0 Å². The summed E-state index contributed by atoms with van der Waals surface area (Å²) in [6.07, 6.45) is 3.01. The topological polar surface area (TPSA) is 90.4 Å². The van der Waals surface area contributed by atoms with Crippen LogP contribution < -0.4 is 0 Å². The molecule has 1 atom stereocenters. The van der Waals surface area contributed by atoms with E-state index in [9.17, 15) is 15.2 Å². The molecule has 0 aliphatic carbocycles. The Kier molecular flexibility index (Phi) is 2.55. The molecule has 0 spiro atoms. The van der Waals surface area contributed by atoms with E-state index in [0.717, 1.165) is 12.8 Å². The Balaban J connectivity index is 2.21. The fraction of sp³-hybridized carbons (Fsp3) is 0.625. The number of nitro groups is 1.